The molecule has 2 rings (SSSR count). The molecule has 0 aliphatic heterocycles. The average molecular weight is 324 g/mol. The van der Waals surface area contributed by atoms with Gasteiger partial charge in [-0.05, 0) is 24.5 Å². The van der Waals surface area contributed by atoms with E-state index in [9.17, 15) is 4.79 Å². The number of carbonyl (C=O) groups is 1. The van der Waals surface area contributed by atoms with Gasteiger partial charge in [0.1, 0.15) is 0 Å². The molecular weight excluding hydrogens is 306 g/mol. The van der Waals surface area contributed by atoms with Gasteiger partial charge in [-0.2, -0.15) is 5.10 Å². The molecule has 1 amide bonds. The first-order valence-electron chi connectivity index (χ1n) is 6.41. The first-order chi connectivity index (χ1) is 9.11. The summed E-state index contributed by atoms with van der Waals surface area (Å²) in [4.78, 5) is 12.3. The van der Waals surface area contributed by atoms with Crippen molar-refractivity contribution in [2.75, 3.05) is 5.33 Å². The number of alkyl halides is 1. The van der Waals surface area contributed by atoms with Crippen LogP contribution >= 0.6 is 15.9 Å². The number of fused-ring (bicyclic) bond motifs is 1. The number of amides is 1. The Morgan fingerprint density at radius 2 is 2.26 bits per heavy atom. The number of nitrogens with zero attached hydrogens (tertiary/aromatic N) is 2. The van der Waals surface area contributed by atoms with Crippen molar-refractivity contribution in [3.63, 3.8) is 0 Å². The molecule has 0 fully saturated rings. The van der Waals surface area contributed by atoms with Gasteiger partial charge in [-0.25, -0.2) is 4.52 Å². The second kappa shape index (κ2) is 6.19. The Balaban J connectivity index is 2.15. The average Bonchev–Trinajstić information content (AvgIpc) is 2.81. The molecular formula is C14H18BrN3O. The number of halogens is 1. The van der Waals surface area contributed by atoms with Gasteiger partial charge in [0.25, 0.3) is 5.91 Å². The van der Waals surface area contributed by atoms with Gasteiger partial charge in [-0.1, -0.05) is 35.8 Å². The van der Waals surface area contributed by atoms with Crippen LogP contribution in [-0.2, 0) is 0 Å². The van der Waals surface area contributed by atoms with Crippen molar-refractivity contribution in [2.24, 2.45) is 5.92 Å². The topological polar surface area (TPSA) is 46.4 Å². The summed E-state index contributed by atoms with van der Waals surface area (Å²) >= 11 is 3.45. The van der Waals surface area contributed by atoms with Gasteiger partial charge >= 0.3 is 0 Å². The Kier molecular flexibility index (Phi) is 4.58. The smallest absolute Gasteiger partial charge is 0.255 e. The predicted octanol–water partition coefficient (Wildman–Crippen LogP) is 2.87. The van der Waals surface area contributed by atoms with Crippen LogP contribution in [0.2, 0.25) is 0 Å². The minimum atomic E-state index is -0.0636. The van der Waals surface area contributed by atoms with Gasteiger partial charge in [-0.15, -0.1) is 0 Å². The van der Waals surface area contributed by atoms with Crippen LogP contribution in [0.25, 0.3) is 5.52 Å². The minimum absolute atomic E-state index is 0.0636. The Bertz CT molecular complexity index is 565. The molecule has 102 valence electrons. The summed E-state index contributed by atoms with van der Waals surface area (Å²) in [6.45, 7) is 4.30. The van der Waals surface area contributed by atoms with E-state index >= 15 is 0 Å². The Morgan fingerprint density at radius 3 is 2.95 bits per heavy atom. The van der Waals surface area contributed by atoms with Crippen LogP contribution in [0, 0.1) is 5.92 Å². The Labute approximate surface area is 121 Å². The first kappa shape index (κ1) is 14.1. The zero-order valence-corrected chi connectivity index (χ0v) is 12.7. The molecule has 0 bridgehead atoms. The van der Waals surface area contributed by atoms with Gasteiger partial charge in [0, 0.05) is 17.6 Å². The highest BCUT2D eigenvalue weighted by molar-refractivity contribution is 9.09. The van der Waals surface area contributed by atoms with Gasteiger partial charge in [0.15, 0.2) is 0 Å². The fourth-order valence-corrected chi connectivity index (χ4v) is 2.53. The second-order valence-electron chi connectivity index (χ2n) is 5.04. The molecule has 1 N–H and O–H groups in total. The van der Waals surface area contributed by atoms with Crippen molar-refractivity contribution in [3.8, 4) is 0 Å². The summed E-state index contributed by atoms with van der Waals surface area (Å²) in [5.74, 6) is 0.484. The maximum absolute atomic E-state index is 12.3. The van der Waals surface area contributed by atoms with Crippen molar-refractivity contribution >= 4 is 27.4 Å². The molecule has 1 atom stereocenters. The molecule has 1 unspecified atom stereocenters. The Morgan fingerprint density at radius 1 is 1.47 bits per heavy atom. The number of hydrogen-bond donors (Lipinski definition) is 1. The molecule has 5 heteroatoms. The summed E-state index contributed by atoms with van der Waals surface area (Å²) in [6, 6.07) is 5.84. The molecule has 0 spiro atoms. The van der Waals surface area contributed by atoms with Gasteiger partial charge in [0.05, 0.1) is 17.3 Å². The van der Waals surface area contributed by atoms with E-state index in [1.165, 1.54) is 0 Å². The van der Waals surface area contributed by atoms with Gasteiger partial charge in [-0.3, -0.25) is 4.79 Å². The second-order valence-corrected chi connectivity index (χ2v) is 5.69. The SMILES string of the molecule is CC(C)CC(CBr)NC(=O)c1cnn2ccccc12. The molecule has 2 heterocycles. The van der Waals surface area contributed by atoms with Crippen LogP contribution in [-0.4, -0.2) is 26.9 Å². The summed E-state index contributed by atoms with van der Waals surface area (Å²) in [7, 11) is 0. The molecule has 2 aromatic heterocycles. The minimum Gasteiger partial charge on any atom is -0.348 e. The number of carbonyl (C=O) groups excluding carboxylic acids is 1. The molecule has 0 aliphatic rings. The highest BCUT2D eigenvalue weighted by atomic mass is 79.9. The number of hydrogen-bond acceptors (Lipinski definition) is 2. The summed E-state index contributed by atoms with van der Waals surface area (Å²) in [5, 5.41) is 7.99. The number of nitrogens with one attached hydrogen (secondary N) is 1. The fraction of sp³-hybridized carbons (Fsp3) is 0.429. The van der Waals surface area contributed by atoms with Crippen molar-refractivity contribution in [2.45, 2.75) is 26.3 Å². The lowest BCUT2D eigenvalue weighted by molar-refractivity contribution is 0.0939. The third kappa shape index (κ3) is 3.35. The van der Waals surface area contributed by atoms with Crippen molar-refractivity contribution < 1.29 is 4.79 Å². The molecule has 0 saturated heterocycles. The highest BCUT2D eigenvalue weighted by Crippen LogP contribution is 2.12. The van der Waals surface area contributed by atoms with E-state index in [0.717, 1.165) is 17.3 Å². The maximum Gasteiger partial charge on any atom is 0.255 e. The van der Waals surface area contributed by atoms with E-state index in [0.29, 0.717) is 11.5 Å². The summed E-state index contributed by atoms with van der Waals surface area (Å²) < 4.78 is 1.71. The summed E-state index contributed by atoms with van der Waals surface area (Å²) in [5.41, 5.74) is 1.45. The quantitative estimate of drug-likeness (QED) is 0.860. The van der Waals surface area contributed by atoms with Crippen LogP contribution < -0.4 is 5.32 Å². The maximum atomic E-state index is 12.3. The van der Waals surface area contributed by atoms with Crippen LogP contribution in [0.1, 0.15) is 30.6 Å². The molecule has 0 aliphatic carbocycles. The van der Waals surface area contributed by atoms with Crippen LogP contribution in [0.3, 0.4) is 0 Å². The molecule has 19 heavy (non-hydrogen) atoms. The summed E-state index contributed by atoms with van der Waals surface area (Å²) in [6.07, 6.45) is 4.41. The van der Waals surface area contributed by atoms with Crippen molar-refractivity contribution in [1.29, 1.82) is 0 Å². The zero-order chi connectivity index (χ0) is 13.8. The van der Waals surface area contributed by atoms with E-state index < -0.39 is 0 Å². The first-order valence-corrected chi connectivity index (χ1v) is 7.53. The predicted molar refractivity (Wildman–Crippen MR) is 79.7 cm³/mol. The molecule has 0 radical (unpaired) electrons. The van der Waals surface area contributed by atoms with Gasteiger partial charge in [0.2, 0.25) is 0 Å². The van der Waals surface area contributed by atoms with Crippen LogP contribution in [0.5, 0.6) is 0 Å². The normalized spacial score (nSPS) is 12.8. The standard InChI is InChI=1S/C14H18BrN3O/c1-10(2)7-11(8-15)17-14(19)12-9-16-18-6-4-3-5-13(12)18/h3-6,9-11H,7-8H2,1-2H3,(H,17,19). The van der Waals surface area contributed by atoms with Crippen LogP contribution in [0.15, 0.2) is 30.6 Å². The number of aromatic nitrogens is 2. The van der Waals surface area contributed by atoms with E-state index in [1.807, 2.05) is 24.4 Å². The number of pyridine rings is 1. The largest absolute Gasteiger partial charge is 0.348 e. The molecule has 2 aromatic rings. The van der Waals surface area contributed by atoms with E-state index in [1.54, 1.807) is 10.7 Å². The highest BCUT2D eigenvalue weighted by Gasteiger charge is 2.17. The van der Waals surface area contributed by atoms with E-state index in [4.69, 9.17) is 0 Å². The van der Waals surface area contributed by atoms with E-state index in [2.05, 4.69) is 40.2 Å². The Hall–Kier alpha value is -1.36. The van der Waals surface area contributed by atoms with Crippen molar-refractivity contribution in [1.82, 2.24) is 14.9 Å². The monoisotopic (exact) mass is 323 g/mol. The zero-order valence-electron chi connectivity index (χ0n) is 11.1. The van der Waals surface area contributed by atoms with E-state index in [-0.39, 0.29) is 11.9 Å². The third-order valence-corrected chi connectivity index (χ3v) is 3.73. The van der Waals surface area contributed by atoms with Crippen LogP contribution in [0.4, 0.5) is 0 Å². The molecule has 0 aromatic carbocycles. The molecule has 0 saturated carbocycles. The lowest BCUT2D eigenvalue weighted by Gasteiger charge is -2.17. The van der Waals surface area contributed by atoms with Crippen molar-refractivity contribution in [3.05, 3.63) is 36.2 Å². The lowest BCUT2D eigenvalue weighted by Crippen LogP contribution is -2.36. The fourth-order valence-electron chi connectivity index (χ4n) is 2.10. The van der Waals surface area contributed by atoms with Gasteiger partial charge < -0.3 is 5.32 Å². The molecule has 4 nitrogen and oxygen atoms in total. The number of rotatable bonds is 5. The third-order valence-electron chi connectivity index (χ3n) is 2.95. The lowest BCUT2D eigenvalue weighted by atomic mass is 10.0.